The van der Waals surface area contributed by atoms with Crippen molar-refractivity contribution in [1.82, 2.24) is 10.2 Å². The molecule has 0 radical (unpaired) electrons. The number of ketones is 1. The maximum absolute atomic E-state index is 15.4. The summed E-state index contributed by atoms with van der Waals surface area (Å²) in [6, 6.07) is 4.86. The second-order valence-electron chi connectivity index (χ2n) is 11.2. The molecule has 0 saturated heterocycles. The van der Waals surface area contributed by atoms with Crippen LogP contribution in [0.1, 0.15) is 91.4 Å². The van der Waals surface area contributed by atoms with E-state index >= 15 is 4.39 Å². The minimum absolute atomic E-state index is 0. The minimum atomic E-state index is -0.692. The molecule has 0 aromatic heterocycles. The second kappa shape index (κ2) is 10.8. The van der Waals surface area contributed by atoms with Gasteiger partial charge in [0.1, 0.15) is 11.6 Å². The highest BCUT2D eigenvalue weighted by atomic mass is 79.9. The van der Waals surface area contributed by atoms with Crippen LogP contribution in [0.25, 0.3) is 0 Å². The summed E-state index contributed by atoms with van der Waals surface area (Å²) in [5.74, 6) is -1.46. The van der Waals surface area contributed by atoms with Crippen LogP contribution in [0.4, 0.5) is 4.39 Å². The van der Waals surface area contributed by atoms with Crippen LogP contribution in [0.5, 0.6) is 11.5 Å². The lowest BCUT2D eigenvalue weighted by atomic mass is 9.78. The molecule has 0 unspecified atom stereocenters. The summed E-state index contributed by atoms with van der Waals surface area (Å²) in [5, 5.41) is 22.1. The third-order valence-corrected chi connectivity index (χ3v) is 6.39. The molecule has 37 heavy (non-hydrogen) atoms. The van der Waals surface area contributed by atoms with Crippen LogP contribution in [0, 0.1) is 11.2 Å². The number of halogens is 2. The van der Waals surface area contributed by atoms with E-state index in [-0.39, 0.29) is 76.5 Å². The normalized spacial score (nSPS) is 13.2. The number of rotatable bonds is 6. The van der Waals surface area contributed by atoms with E-state index in [2.05, 4.69) is 5.32 Å². The van der Waals surface area contributed by atoms with E-state index in [0.29, 0.717) is 16.7 Å². The topological polar surface area (TPSA) is 103 Å². The molecule has 1 aliphatic rings. The average Bonchev–Trinajstić information content (AvgIpc) is 3.09. The summed E-state index contributed by atoms with van der Waals surface area (Å²) in [6.07, 6.45) is 0. The number of amidine groups is 1. The summed E-state index contributed by atoms with van der Waals surface area (Å²) < 4.78 is 20.8. The van der Waals surface area contributed by atoms with Gasteiger partial charge in [-0.15, -0.1) is 17.0 Å². The molecule has 1 amide bonds. The third-order valence-electron chi connectivity index (χ3n) is 6.39. The number of phenolic OH excluding ortho intramolecular Hbond substituents is 1. The number of hydrogen-bond acceptors (Lipinski definition) is 5. The van der Waals surface area contributed by atoms with E-state index in [1.165, 1.54) is 18.0 Å². The number of carbonyl (C=O) groups is 2. The smallest absolute Gasteiger partial charge is 0.254 e. The van der Waals surface area contributed by atoms with Gasteiger partial charge in [0.15, 0.2) is 17.3 Å². The molecule has 0 aliphatic carbocycles. The molecule has 0 saturated carbocycles. The van der Waals surface area contributed by atoms with Crippen LogP contribution < -0.4 is 10.1 Å². The molecule has 7 nitrogen and oxygen atoms in total. The zero-order valence-corrected chi connectivity index (χ0v) is 24.5. The zero-order valence-electron chi connectivity index (χ0n) is 22.8. The van der Waals surface area contributed by atoms with Crippen molar-refractivity contribution in [3.63, 3.8) is 0 Å². The van der Waals surface area contributed by atoms with Crippen molar-refractivity contribution in [2.75, 3.05) is 20.2 Å². The first-order chi connectivity index (χ1) is 16.6. The first-order valence-corrected chi connectivity index (χ1v) is 12.1. The van der Waals surface area contributed by atoms with Crippen molar-refractivity contribution in [2.24, 2.45) is 0 Å². The van der Waals surface area contributed by atoms with Gasteiger partial charge in [-0.05, 0) is 36.0 Å². The standard InChI is InChI=1S/C28H36FN3O4.BrH/c1-9-36-24-17(26(35)31-8)12-16-18(22(24)29)13-32(25(16)30)14-21(33)15-10-19(27(2,3)4)23(34)20(11-15)28(5,6)7;/h10-12,30,34H,9,13-14H2,1-8H3,(H,31,35);1H. The number of phenols is 1. The summed E-state index contributed by atoms with van der Waals surface area (Å²) in [5.41, 5.74) is 1.46. The van der Waals surface area contributed by atoms with Gasteiger partial charge in [-0.1, -0.05) is 41.5 Å². The fourth-order valence-corrected chi connectivity index (χ4v) is 4.40. The van der Waals surface area contributed by atoms with Crippen molar-refractivity contribution in [2.45, 2.75) is 65.8 Å². The maximum atomic E-state index is 15.4. The van der Waals surface area contributed by atoms with Crippen LogP contribution in [0.3, 0.4) is 0 Å². The van der Waals surface area contributed by atoms with Crippen LogP contribution in [-0.2, 0) is 17.4 Å². The van der Waals surface area contributed by atoms with E-state index in [1.807, 2.05) is 41.5 Å². The van der Waals surface area contributed by atoms with Gasteiger partial charge >= 0.3 is 0 Å². The first-order valence-electron chi connectivity index (χ1n) is 12.1. The van der Waals surface area contributed by atoms with Crippen molar-refractivity contribution in [3.05, 3.63) is 57.4 Å². The molecule has 0 bridgehead atoms. The molecule has 2 aromatic carbocycles. The zero-order chi connectivity index (χ0) is 27.2. The van der Waals surface area contributed by atoms with Gasteiger partial charge in [0.05, 0.1) is 18.7 Å². The van der Waals surface area contributed by atoms with Gasteiger partial charge in [0.25, 0.3) is 5.91 Å². The predicted molar refractivity (Wildman–Crippen MR) is 148 cm³/mol. The summed E-state index contributed by atoms with van der Waals surface area (Å²) >= 11 is 0. The lowest BCUT2D eigenvalue weighted by molar-refractivity contribution is 0.0952. The lowest BCUT2D eigenvalue weighted by Gasteiger charge is -2.28. The van der Waals surface area contributed by atoms with Crippen LogP contribution >= 0.6 is 17.0 Å². The number of aromatic hydroxyl groups is 1. The van der Waals surface area contributed by atoms with Crippen molar-refractivity contribution < 1.29 is 23.8 Å². The molecule has 2 aromatic rings. The highest BCUT2D eigenvalue weighted by Gasteiger charge is 2.34. The average molecular weight is 579 g/mol. The largest absolute Gasteiger partial charge is 0.507 e. The molecular formula is C28H37BrFN3O4. The molecule has 0 atom stereocenters. The van der Waals surface area contributed by atoms with E-state index in [4.69, 9.17) is 10.1 Å². The Labute approximate surface area is 228 Å². The maximum Gasteiger partial charge on any atom is 0.254 e. The van der Waals surface area contributed by atoms with Crippen LogP contribution in [-0.4, -0.2) is 47.7 Å². The molecule has 9 heteroatoms. The second-order valence-corrected chi connectivity index (χ2v) is 11.2. The summed E-state index contributed by atoms with van der Waals surface area (Å²) in [7, 11) is 1.44. The van der Waals surface area contributed by atoms with Crippen LogP contribution in [0.15, 0.2) is 18.2 Å². The highest BCUT2D eigenvalue weighted by Crippen LogP contribution is 2.40. The van der Waals surface area contributed by atoms with Gasteiger partial charge in [0, 0.05) is 41.4 Å². The number of nitrogens with zero attached hydrogens (tertiary/aromatic N) is 1. The molecule has 3 rings (SSSR count). The number of Topliss-reactive ketones (excluding diaryl/α,β-unsaturated/α-hetero) is 1. The number of nitrogens with one attached hydrogen (secondary N) is 2. The number of ether oxygens (including phenoxy) is 1. The van der Waals surface area contributed by atoms with E-state index < -0.39 is 22.6 Å². The van der Waals surface area contributed by atoms with Gasteiger partial charge < -0.3 is 20.1 Å². The molecule has 0 fully saturated rings. The van der Waals surface area contributed by atoms with E-state index in [9.17, 15) is 14.7 Å². The fourth-order valence-electron chi connectivity index (χ4n) is 4.40. The lowest BCUT2D eigenvalue weighted by Crippen LogP contribution is -2.31. The first kappa shape index (κ1) is 30.3. The molecule has 1 heterocycles. The Hall–Kier alpha value is -2.94. The number of amides is 1. The van der Waals surface area contributed by atoms with Crippen molar-refractivity contribution >= 4 is 34.5 Å². The fraction of sp³-hybridized carbons (Fsp3) is 0.464. The third kappa shape index (κ3) is 5.81. The molecule has 3 N–H and O–H groups in total. The Morgan fingerprint density at radius 1 is 1.11 bits per heavy atom. The Bertz CT molecular complexity index is 1210. The summed E-state index contributed by atoms with van der Waals surface area (Å²) in [6.45, 7) is 13.6. The highest BCUT2D eigenvalue weighted by molar-refractivity contribution is 8.93. The number of fused-ring (bicyclic) bond motifs is 1. The Balaban J connectivity index is 0.00000481. The van der Waals surface area contributed by atoms with E-state index in [0.717, 1.165) is 0 Å². The Kier molecular flexibility index (Phi) is 8.85. The van der Waals surface area contributed by atoms with Gasteiger partial charge in [0.2, 0.25) is 0 Å². The monoisotopic (exact) mass is 577 g/mol. The van der Waals surface area contributed by atoms with Crippen LogP contribution in [0.2, 0.25) is 0 Å². The number of benzene rings is 2. The van der Waals surface area contributed by atoms with E-state index in [1.54, 1.807) is 19.1 Å². The number of carbonyl (C=O) groups excluding carboxylic acids is 2. The Morgan fingerprint density at radius 2 is 1.65 bits per heavy atom. The summed E-state index contributed by atoms with van der Waals surface area (Å²) in [4.78, 5) is 27.3. The minimum Gasteiger partial charge on any atom is -0.507 e. The molecule has 1 aliphatic heterocycles. The Morgan fingerprint density at radius 3 is 2.11 bits per heavy atom. The van der Waals surface area contributed by atoms with Gasteiger partial charge in [-0.2, -0.15) is 0 Å². The van der Waals surface area contributed by atoms with Crippen molar-refractivity contribution in [3.8, 4) is 11.5 Å². The SMILES string of the molecule is Br.CCOc1c(C(=O)NC)cc2c(c1F)CN(CC(=O)c1cc(C(C)(C)C)c(O)c(C(C)(C)C)c1)C2=N. The number of hydrogen-bond donors (Lipinski definition) is 3. The quantitative estimate of drug-likeness (QED) is 0.394. The molecular weight excluding hydrogens is 541 g/mol. The molecule has 202 valence electrons. The van der Waals surface area contributed by atoms with Crippen molar-refractivity contribution in [1.29, 1.82) is 5.41 Å². The molecule has 0 spiro atoms. The predicted octanol–water partition coefficient (Wildman–Crippen LogP) is 5.49. The van der Waals surface area contributed by atoms with Gasteiger partial charge in [-0.3, -0.25) is 15.0 Å². The van der Waals surface area contributed by atoms with Gasteiger partial charge in [-0.25, -0.2) is 4.39 Å².